The molecule has 0 fully saturated rings. The molecule has 0 aromatic carbocycles. The fourth-order valence-electron chi connectivity index (χ4n) is 4.22. The number of allylic oxidation sites excluding steroid dienone is 1. The molecule has 0 bridgehead atoms. The lowest BCUT2D eigenvalue weighted by molar-refractivity contribution is 0.0366. The first-order valence-electron chi connectivity index (χ1n) is 12.2. The first kappa shape index (κ1) is 26.3. The predicted molar refractivity (Wildman–Crippen MR) is 140 cm³/mol. The van der Waals surface area contributed by atoms with E-state index in [2.05, 4.69) is 52.2 Å². The third-order valence-electron chi connectivity index (χ3n) is 5.93. The summed E-state index contributed by atoms with van der Waals surface area (Å²) in [5, 5.41) is 10.7. The highest BCUT2D eigenvalue weighted by molar-refractivity contribution is 5.84. The molecule has 0 saturated heterocycles. The number of halogens is 2. The van der Waals surface area contributed by atoms with Crippen LogP contribution in [0.25, 0.3) is 16.8 Å². The molecule has 188 valence electrons. The number of fused-ring (bicyclic) bond motifs is 1. The van der Waals surface area contributed by atoms with Crippen molar-refractivity contribution in [3.8, 4) is 0 Å². The molecule has 0 amide bonds. The van der Waals surface area contributed by atoms with Crippen molar-refractivity contribution in [2.45, 2.75) is 72.3 Å². The van der Waals surface area contributed by atoms with Gasteiger partial charge in [0.1, 0.15) is 0 Å². The quantitative estimate of drug-likeness (QED) is 0.309. The topological polar surface area (TPSA) is 67.1 Å². The van der Waals surface area contributed by atoms with E-state index in [0.717, 1.165) is 66.1 Å². The van der Waals surface area contributed by atoms with Crippen molar-refractivity contribution in [2.24, 2.45) is 0 Å². The molecule has 0 spiro atoms. The van der Waals surface area contributed by atoms with Crippen molar-refractivity contribution in [1.29, 1.82) is 0 Å². The zero-order valence-electron chi connectivity index (χ0n) is 21.3. The molecule has 0 aliphatic rings. The van der Waals surface area contributed by atoms with Crippen molar-refractivity contribution in [3.63, 3.8) is 0 Å². The molecule has 3 rings (SSSR count). The highest BCUT2D eigenvalue weighted by atomic mass is 19.3. The van der Waals surface area contributed by atoms with Gasteiger partial charge in [-0.25, -0.2) is 23.3 Å². The number of nitrogens with one attached hydrogen (secondary N) is 2. The Hall–Kier alpha value is -3.29. The van der Waals surface area contributed by atoms with E-state index in [1.54, 1.807) is 6.20 Å². The molecule has 0 aliphatic carbocycles. The molecule has 35 heavy (non-hydrogen) atoms. The first-order valence-corrected chi connectivity index (χ1v) is 12.2. The van der Waals surface area contributed by atoms with Gasteiger partial charge in [-0.1, -0.05) is 39.3 Å². The van der Waals surface area contributed by atoms with Crippen LogP contribution in [0.4, 0.5) is 14.7 Å². The molecule has 0 atom stereocenters. The van der Waals surface area contributed by atoms with E-state index >= 15 is 0 Å². The second-order valence-corrected chi connectivity index (χ2v) is 9.02. The minimum atomic E-state index is -2.84. The largest absolute Gasteiger partial charge is 0.382 e. The van der Waals surface area contributed by atoms with E-state index < -0.39 is 12.5 Å². The number of nitrogens with zero attached hydrogens (tertiary/aromatic N) is 4. The summed E-state index contributed by atoms with van der Waals surface area (Å²) in [4.78, 5) is 8.66. The number of rotatable bonds is 12. The molecule has 6 nitrogen and oxygen atoms in total. The summed E-state index contributed by atoms with van der Waals surface area (Å²) >= 11 is 0. The van der Waals surface area contributed by atoms with Crippen molar-refractivity contribution < 1.29 is 8.78 Å². The zero-order chi connectivity index (χ0) is 25.6. The normalized spacial score (nSPS) is 12.4. The summed E-state index contributed by atoms with van der Waals surface area (Å²) in [6.07, 6.45) is 11.9. The van der Waals surface area contributed by atoms with Gasteiger partial charge in [0.15, 0.2) is 0 Å². The van der Waals surface area contributed by atoms with Gasteiger partial charge in [-0.15, -0.1) is 0 Å². The van der Waals surface area contributed by atoms with Crippen molar-refractivity contribution in [3.05, 3.63) is 65.8 Å². The maximum Gasteiger partial charge on any atom is 0.262 e. The molecule has 3 aromatic heterocycles. The fraction of sp³-hybridized carbons (Fsp3) is 0.444. The number of hydrogen-bond acceptors (Lipinski definition) is 5. The van der Waals surface area contributed by atoms with Crippen LogP contribution in [0.1, 0.15) is 75.8 Å². The summed E-state index contributed by atoms with van der Waals surface area (Å²) in [6, 6.07) is 4.47. The molecule has 0 aliphatic heterocycles. The molecule has 3 aromatic rings. The van der Waals surface area contributed by atoms with Crippen molar-refractivity contribution >= 4 is 22.7 Å². The average Bonchev–Trinajstić information content (AvgIpc) is 3.23. The molecule has 3 heterocycles. The predicted octanol–water partition coefficient (Wildman–Crippen LogP) is 6.48. The Balaban J connectivity index is 1.89. The van der Waals surface area contributed by atoms with Crippen LogP contribution in [0, 0.1) is 6.92 Å². The maximum absolute atomic E-state index is 13.2. The second kappa shape index (κ2) is 11.4. The lowest BCUT2D eigenvalue weighted by Crippen LogP contribution is -2.27. The van der Waals surface area contributed by atoms with Gasteiger partial charge in [0.25, 0.3) is 5.92 Å². The highest BCUT2D eigenvalue weighted by Crippen LogP contribution is 2.28. The van der Waals surface area contributed by atoms with Crippen LogP contribution in [-0.4, -0.2) is 38.1 Å². The molecular weight excluding hydrogens is 446 g/mol. The summed E-state index contributed by atoms with van der Waals surface area (Å²) in [5.41, 5.74) is 6.28. The Labute approximate surface area is 206 Å². The monoisotopic (exact) mass is 482 g/mol. The zero-order valence-corrected chi connectivity index (χ0v) is 21.3. The summed E-state index contributed by atoms with van der Waals surface area (Å²) in [7, 11) is 0. The molecule has 0 unspecified atom stereocenters. The third kappa shape index (κ3) is 6.65. The average molecular weight is 483 g/mol. The number of aromatic nitrogens is 4. The van der Waals surface area contributed by atoms with E-state index in [4.69, 9.17) is 0 Å². The Bertz CT molecular complexity index is 1190. The first-order chi connectivity index (χ1) is 16.7. The van der Waals surface area contributed by atoms with Gasteiger partial charge in [0, 0.05) is 42.2 Å². The van der Waals surface area contributed by atoms with E-state index in [-0.39, 0.29) is 5.95 Å². The fourth-order valence-corrected chi connectivity index (χ4v) is 4.22. The van der Waals surface area contributed by atoms with E-state index in [9.17, 15) is 8.78 Å². The maximum atomic E-state index is 13.2. The van der Waals surface area contributed by atoms with E-state index in [0.29, 0.717) is 11.7 Å². The molecule has 2 N–H and O–H groups in total. The van der Waals surface area contributed by atoms with Gasteiger partial charge in [-0.2, -0.15) is 5.10 Å². The minimum Gasteiger partial charge on any atom is -0.382 e. The third-order valence-corrected chi connectivity index (χ3v) is 5.93. The summed E-state index contributed by atoms with van der Waals surface area (Å²) in [6.45, 7) is 12.8. The van der Waals surface area contributed by atoms with E-state index in [1.807, 2.05) is 42.9 Å². The number of anilines is 1. The number of hydrogen-bond donors (Lipinski definition) is 2. The van der Waals surface area contributed by atoms with Crippen LogP contribution in [0.15, 0.2) is 43.4 Å². The van der Waals surface area contributed by atoms with Crippen LogP contribution in [0.3, 0.4) is 0 Å². The Kier molecular flexibility index (Phi) is 8.59. The molecule has 0 radical (unpaired) electrons. The number of aryl methyl sites for hydroxylation is 1. The second-order valence-electron chi connectivity index (χ2n) is 9.02. The minimum absolute atomic E-state index is 0.188. The molecule has 0 saturated carbocycles. The van der Waals surface area contributed by atoms with Crippen LogP contribution in [-0.2, 0) is 0 Å². The lowest BCUT2D eigenvalue weighted by Gasteiger charge is -2.20. The highest BCUT2D eigenvalue weighted by Gasteiger charge is 2.21. The Morgan fingerprint density at radius 2 is 1.91 bits per heavy atom. The SMILES string of the molecule is C=C(NC(CCC)CCC)c1cnn2ccc(/C(=C/C)c3cnc(NCC(C)(F)F)nc3C)cc12. The standard InChI is InChI=1S/C27H36F2N6/c1-7-10-21(11-8-2)33-19(5)24-16-32-35-13-12-20(14-25(24)35)22(9-3)23-15-30-26(34-18(23)4)31-17-27(6,28)29/h9,12-16,21,33H,5,7-8,10-11,17H2,1-4,6H3,(H,30,31,34)/b22-9-. The van der Waals surface area contributed by atoms with Gasteiger partial charge < -0.3 is 10.6 Å². The summed E-state index contributed by atoms with van der Waals surface area (Å²) in [5.74, 6) is -2.65. The van der Waals surface area contributed by atoms with Crippen LogP contribution < -0.4 is 10.6 Å². The molecular formula is C27H36F2N6. The van der Waals surface area contributed by atoms with Crippen LogP contribution >= 0.6 is 0 Å². The van der Waals surface area contributed by atoms with Gasteiger partial charge in [0.2, 0.25) is 5.95 Å². The van der Waals surface area contributed by atoms with Gasteiger partial charge >= 0.3 is 0 Å². The summed E-state index contributed by atoms with van der Waals surface area (Å²) < 4.78 is 28.2. The lowest BCUT2D eigenvalue weighted by atomic mass is 9.98. The Morgan fingerprint density at radius 1 is 1.20 bits per heavy atom. The number of pyridine rings is 1. The van der Waals surface area contributed by atoms with Gasteiger partial charge in [-0.3, -0.25) is 0 Å². The van der Waals surface area contributed by atoms with Gasteiger partial charge in [-0.05, 0) is 50.0 Å². The van der Waals surface area contributed by atoms with Crippen LogP contribution in [0.5, 0.6) is 0 Å². The van der Waals surface area contributed by atoms with Crippen molar-refractivity contribution in [1.82, 2.24) is 24.9 Å². The number of alkyl halides is 2. The van der Waals surface area contributed by atoms with Gasteiger partial charge in [0.05, 0.1) is 24.0 Å². The Morgan fingerprint density at radius 3 is 2.51 bits per heavy atom. The van der Waals surface area contributed by atoms with Crippen molar-refractivity contribution in [2.75, 3.05) is 11.9 Å². The van der Waals surface area contributed by atoms with Crippen LogP contribution in [0.2, 0.25) is 0 Å². The van der Waals surface area contributed by atoms with E-state index in [1.165, 1.54) is 0 Å². The molecule has 8 heteroatoms. The smallest absolute Gasteiger partial charge is 0.262 e.